The molecule has 0 bridgehead atoms. The number of benzene rings is 1. The van der Waals surface area contributed by atoms with Crippen LogP contribution in [-0.4, -0.2) is 51.7 Å². The molecule has 2 atom stereocenters. The van der Waals surface area contributed by atoms with E-state index < -0.39 is 0 Å². The van der Waals surface area contributed by atoms with Crippen LogP contribution in [0.3, 0.4) is 0 Å². The monoisotopic (exact) mass is 349 g/mol. The molecule has 2 aliphatic heterocycles. The molecule has 1 aromatic heterocycles. The number of likely N-dealkylation sites (N-methyl/N-ethyl adjacent to an activating group) is 1. The van der Waals surface area contributed by atoms with Gasteiger partial charge in [0.2, 0.25) is 5.91 Å². The van der Waals surface area contributed by atoms with Crippen LogP contribution in [0.15, 0.2) is 30.5 Å². The molecule has 6 heteroatoms. The van der Waals surface area contributed by atoms with E-state index in [1.165, 1.54) is 5.56 Å². The second-order valence-electron chi connectivity index (χ2n) is 7.37. The van der Waals surface area contributed by atoms with Gasteiger partial charge in [-0.1, -0.05) is 12.1 Å². The van der Waals surface area contributed by atoms with Crippen LogP contribution in [0, 0.1) is 17.2 Å². The van der Waals surface area contributed by atoms with Gasteiger partial charge in [0.15, 0.2) is 0 Å². The fraction of sp³-hybridized carbons (Fsp3) is 0.450. The molecule has 0 spiro atoms. The van der Waals surface area contributed by atoms with Crippen LogP contribution in [0.4, 0.5) is 0 Å². The van der Waals surface area contributed by atoms with Gasteiger partial charge in [0.25, 0.3) is 0 Å². The molecule has 1 amide bonds. The highest BCUT2D eigenvalue weighted by molar-refractivity contribution is 5.82. The van der Waals surface area contributed by atoms with Gasteiger partial charge in [0, 0.05) is 50.6 Å². The molecule has 0 unspecified atom stereocenters. The third-order valence-electron chi connectivity index (χ3n) is 5.61. The normalized spacial score (nSPS) is 23.1. The summed E-state index contributed by atoms with van der Waals surface area (Å²) in [4.78, 5) is 16.7. The van der Waals surface area contributed by atoms with E-state index in [1.54, 1.807) is 0 Å². The predicted octanol–water partition coefficient (Wildman–Crippen LogP) is 2.01. The second kappa shape index (κ2) is 6.58. The molecule has 2 aromatic rings. The fourth-order valence-corrected chi connectivity index (χ4v) is 4.33. The summed E-state index contributed by atoms with van der Waals surface area (Å²) in [5.74, 6) is 0.432. The van der Waals surface area contributed by atoms with Crippen molar-refractivity contribution in [1.82, 2.24) is 19.6 Å². The number of amides is 1. The number of aromatic nitrogens is 2. The molecule has 2 fully saturated rings. The number of carbonyl (C=O) groups excluding carboxylic acids is 1. The molecule has 0 saturated carbocycles. The van der Waals surface area contributed by atoms with E-state index in [4.69, 9.17) is 5.26 Å². The summed E-state index contributed by atoms with van der Waals surface area (Å²) in [5, 5.41) is 13.6. The van der Waals surface area contributed by atoms with Crippen molar-refractivity contribution in [1.29, 1.82) is 5.26 Å². The quantitative estimate of drug-likeness (QED) is 0.850. The van der Waals surface area contributed by atoms with Gasteiger partial charge in [-0.3, -0.25) is 14.4 Å². The van der Waals surface area contributed by atoms with Crippen molar-refractivity contribution in [2.75, 3.05) is 20.1 Å². The summed E-state index contributed by atoms with van der Waals surface area (Å²) in [6, 6.07) is 10.0. The number of hydrogen-bond acceptors (Lipinski definition) is 4. The zero-order valence-corrected chi connectivity index (χ0v) is 15.2. The van der Waals surface area contributed by atoms with Gasteiger partial charge in [-0.25, -0.2) is 0 Å². The number of hydrogen-bond donors (Lipinski definition) is 0. The minimum absolute atomic E-state index is 0.142. The molecule has 6 nitrogen and oxygen atoms in total. The first kappa shape index (κ1) is 16.8. The van der Waals surface area contributed by atoms with Crippen molar-refractivity contribution in [3.8, 4) is 17.3 Å². The first-order valence-electron chi connectivity index (χ1n) is 9.09. The number of likely N-dealkylation sites (tertiary alicyclic amines) is 2. The lowest BCUT2D eigenvalue weighted by Crippen LogP contribution is -2.44. The van der Waals surface area contributed by atoms with Crippen molar-refractivity contribution in [2.24, 2.45) is 13.0 Å². The average Bonchev–Trinajstić information content (AvgIpc) is 3.16. The van der Waals surface area contributed by atoms with Crippen molar-refractivity contribution in [3.05, 3.63) is 41.6 Å². The maximum Gasteiger partial charge on any atom is 0.227 e. The Bertz CT molecular complexity index is 863. The van der Waals surface area contributed by atoms with Crippen LogP contribution in [0.1, 0.15) is 24.0 Å². The lowest BCUT2D eigenvalue weighted by molar-refractivity contribution is -0.130. The van der Waals surface area contributed by atoms with Crippen LogP contribution in [0.5, 0.6) is 0 Å². The molecule has 2 saturated heterocycles. The van der Waals surface area contributed by atoms with Gasteiger partial charge in [0.05, 0.1) is 23.2 Å². The zero-order valence-electron chi connectivity index (χ0n) is 15.2. The maximum atomic E-state index is 12.3. The van der Waals surface area contributed by atoms with Crippen LogP contribution in [0.25, 0.3) is 11.3 Å². The number of piperidine rings is 1. The highest BCUT2D eigenvalue weighted by Gasteiger charge is 2.43. The molecule has 2 aliphatic rings. The van der Waals surface area contributed by atoms with Crippen LogP contribution < -0.4 is 0 Å². The Labute approximate surface area is 153 Å². The van der Waals surface area contributed by atoms with Crippen LogP contribution in [-0.2, 0) is 18.4 Å². The first-order valence-corrected chi connectivity index (χ1v) is 9.09. The molecule has 0 N–H and O–H groups in total. The Hall–Kier alpha value is -2.65. The first-order chi connectivity index (χ1) is 12.6. The Kier molecular flexibility index (Phi) is 4.25. The topological polar surface area (TPSA) is 65.2 Å². The van der Waals surface area contributed by atoms with Crippen LogP contribution >= 0.6 is 0 Å². The number of nitrogens with zero attached hydrogens (tertiary/aromatic N) is 5. The minimum atomic E-state index is 0.142. The van der Waals surface area contributed by atoms with E-state index in [2.05, 4.69) is 22.3 Å². The largest absolute Gasteiger partial charge is 0.344 e. The lowest BCUT2D eigenvalue weighted by Gasteiger charge is -2.35. The number of fused-ring (bicyclic) bond motifs is 1. The SMILES string of the molecule is CN1C[C@@H]2[C@@H](CCCN2Cc2cn(C)nc2-c2ccc(C#N)cc2)C1=O. The van der Waals surface area contributed by atoms with Crippen molar-refractivity contribution in [3.63, 3.8) is 0 Å². The van der Waals surface area contributed by atoms with E-state index in [0.29, 0.717) is 17.5 Å². The van der Waals surface area contributed by atoms with Gasteiger partial charge < -0.3 is 4.90 Å². The molecule has 26 heavy (non-hydrogen) atoms. The molecule has 0 aliphatic carbocycles. The fourth-order valence-electron chi connectivity index (χ4n) is 4.33. The van der Waals surface area contributed by atoms with Crippen molar-refractivity contribution < 1.29 is 4.79 Å². The van der Waals surface area contributed by atoms with Gasteiger partial charge in [0.1, 0.15) is 0 Å². The number of rotatable bonds is 3. The molecular formula is C20H23N5O. The Balaban J connectivity index is 1.60. The third-order valence-corrected chi connectivity index (χ3v) is 5.61. The van der Waals surface area contributed by atoms with E-state index in [1.807, 2.05) is 47.9 Å². The molecule has 4 rings (SSSR count). The van der Waals surface area contributed by atoms with Crippen molar-refractivity contribution in [2.45, 2.75) is 25.4 Å². The summed E-state index contributed by atoms with van der Waals surface area (Å²) >= 11 is 0. The Morgan fingerprint density at radius 2 is 2.04 bits per heavy atom. The minimum Gasteiger partial charge on any atom is -0.344 e. The third kappa shape index (κ3) is 2.89. The van der Waals surface area contributed by atoms with E-state index in [9.17, 15) is 4.79 Å². The Morgan fingerprint density at radius 3 is 2.77 bits per heavy atom. The second-order valence-corrected chi connectivity index (χ2v) is 7.37. The summed E-state index contributed by atoms with van der Waals surface area (Å²) in [5.41, 5.74) is 3.79. The number of nitriles is 1. The highest BCUT2D eigenvalue weighted by Crippen LogP contribution is 2.33. The molecule has 0 radical (unpaired) electrons. The van der Waals surface area contributed by atoms with E-state index in [0.717, 1.165) is 43.7 Å². The Morgan fingerprint density at radius 1 is 1.27 bits per heavy atom. The number of carbonyl (C=O) groups is 1. The zero-order chi connectivity index (χ0) is 18.3. The molecule has 1 aromatic carbocycles. The smallest absolute Gasteiger partial charge is 0.227 e. The molecule has 3 heterocycles. The lowest BCUT2D eigenvalue weighted by atomic mass is 9.91. The maximum absolute atomic E-state index is 12.3. The standard InChI is InChI=1S/C20H23N5O/c1-23-13-18-17(20(23)26)4-3-9-25(18)12-16-11-24(2)22-19(16)15-7-5-14(10-21)6-8-15/h5-8,11,17-18H,3-4,9,12-13H2,1-2H3/t17-,18-/m1/s1. The average molecular weight is 349 g/mol. The van der Waals surface area contributed by atoms with Crippen molar-refractivity contribution >= 4 is 5.91 Å². The van der Waals surface area contributed by atoms with E-state index >= 15 is 0 Å². The predicted molar refractivity (Wildman–Crippen MR) is 97.9 cm³/mol. The van der Waals surface area contributed by atoms with Gasteiger partial charge in [-0.05, 0) is 31.5 Å². The van der Waals surface area contributed by atoms with E-state index in [-0.39, 0.29) is 5.92 Å². The summed E-state index contributed by atoms with van der Waals surface area (Å²) in [7, 11) is 3.84. The highest BCUT2D eigenvalue weighted by atomic mass is 16.2. The molecular weight excluding hydrogens is 326 g/mol. The molecule has 134 valence electrons. The van der Waals surface area contributed by atoms with Gasteiger partial charge in [-0.15, -0.1) is 0 Å². The summed E-state index contributed by atoms with van der Waals surface area (Å²) < 4.78 is 1.84. The van der Waals surface area contributed by atoms with Gasteiger partial charge >= 0.3 is 0 Å². The summed E-state index contributed by atoms with van der Waals surface area (Å²) in [6.45, 7) is 2.63. The van der Waals surface area contributed by atoms with Crippen LogP contribution in [0.2, 0.25) is 0 Å². The summed E-state index contributed by atoms with van der Waals surface area (Å²) in [6.07, 6.45) is 4.13. The number of aryl methyl sites for hydroxylation is 1. The van der Waals surface area contributed by atoms with Gasteiger partial charge in [-0.2, -0.15) is 10.4 Å².